The number of aromatic nitrogens is 2. The number of hydrogen-bond acceptors (Lipinski definition) is 6. The summed E-state index contributed by atoms with van der Waals surface area (Å²) in [5.41, 5.74) is 0.405. The molecule has 0 atom stereocenters. The number of likely N-dealkylation sites (N-methyl/N-ethyl adjacent to an activating group) is 1. The lowest BCUT2D eigenvalue weighted by molar-refractivity contribution is -0.129. The summed E-state index contributed by atoms with van der Waals surface area (Å²) >= 11 is 2.64. The zero-order valence-corrected chi connectivity index (χ0v) is 14.4. The fourth-order valence-electron chi connectivity index (χ4n) is 2.10. The predicted octanol–water partition coefficient (Wildman–Crippen LogP) is 1.43. The van der Waals surface area contributed by atoms with Crippen LogP contribution >= 0.6 is 22.7 Å². The summed E-state index contributed by atoms with van der Waals surface area (Å²) in [6.07, 6.45) is 0. The van der Waals surface area contributed by atoms with Crippen LogP contribution < -0.4 is 10.9 Å². The van der Waals surface area contributed by atoms with Gasteiger partial charge in [-0.05, 0) is 22.9 Å². The van der Waals surface area contributed by atoms with Gasteiger partial charge in [0.15, 0.2) is 0 Å². The Morgan fingerprint density at radius 1 is 1.29 bits per heavy atom. The highest BCUT2D eigenvalue weighted by atomic mass is 32.1. The second-order valence-electron chi connectivity index (χ2n) is 5.06. The van der Waals surface area contributed by atoms with Crippen LogP contribution in [0, 0.1) is 0 Å². The van der Waals surface area contributed by atoms with Crippen molar-refractivity contribution in [2.75, 3.05) is 13.6 Å². The van der Waals surface area contributed by atoms with Crippen molar-refractivity contribution >= 4 is 44.7 Å². The highest BCUT2D eigenvalue weighted by molar-refractivity contribution is 7.17. The van der Waals surface area contributed by atoms with E-state index in [0.717, 1.165) is 0 Å². The van der Waals surface area contributed by atoms with Crippen LogP contribution in [0.5, 0.6) is 0 Å². The van der Waals surface area contributed by atoms with E-state index in [-0.39, 0.29) is 30.5 Å². The van der Waals surface area contributed by atoms with Crippen LogP contribution in [0.2, 0.25) is 0 Å². The summed E-state index contributed by atoms with van der Waals surface area (Å²) in [5.74, 6) is -0.141. The van der Waals surface area contributed by atoms with E-state index in [2.05, 4.69) is 15.3 Å². The van der Waals surface area contributed by atoms with Crippen molar-refractivity contribution in [1.82, 2.24) is 20.2 Å². The normalized spacial score (nSPS) is 10.7. The van der Waals surface area contributed by atoms with Gasteiger partial charge in [0.25, 0.3) is 11.5 Å². The first-order valence-corrected chi connectivity index (χ1v) is 8.82. The number of rotatable bonds is 5. The summed E-state index contributed by atoms with van der Waals surface area (Å²) in [5, 5.41) is 6.17. The molecule has 0 aliphatic carbocycles. The second-order valence-corrected chi connectivity index (χ2v) is 6.92. The molecule has 24 heavy (non-hydrogen) atoms. The number of fused-ring (bicyclic) bond motifs is 1. The monoisotopic (exact) mass is 362 g/mol. The van der Waals surface area contributed by atoms with Gasteiger partial charge in [0.2, 0.25) is 5.91 Å². The van der Waals surface area contributed by atoms with E-state index in [4.69, 9.17) is 0 Å². The number of amides is 2. The fourth-order valence-corrected chi connectivity index (χ4v) is 3.46. The van der Waals surface area contributed by atoms with E-state index < -0.39 is 0 Å². The van der Waals surface area contributed by atoms with Crippen LogP contribution in [-0.4, -0.2) is 40.3 Å². The molecule has 0 radical (unpaired) electrons. The molecule has 0 fully saturated rings. The summed E-state index contributed by atoms with van der Waals surface area (Å²) in [6, 6.07) is 5.23. The van der Waals surface area contributed by atoms with E-state index in [9.17, 15) is 14.4 Å². The summed E-state index contributed by atoms with van der Waals surface area (Å²) in [4.78, 5) is 44.8. The first-order valence-electron chi connectivity index (χ1n) is 7.06. The number of carbonyl (C=O) groups excluding carboxylic acids is 2. The lowest BCUT2D eigenvalue weighted by Crippen LogP contribution is -2.38. The molecule has 0 spiro atoms. The third kappa shape index (κ3) is 3.52. The van der Waals surface area contributed by atoms with Gasteiger partial charge in [-0.2, -0.15) is 0 Å². The maximum atomic E-state index is 12.1. The third-order valence-corrected chi connectivity index (χ3v) is 5.09. The van der Waals surface area contributed by atoms with Gasteiger partial charge < -0.3 is 15.2 Å². The van der Waals surface area contributed by atoms with Gasteiger partial charge >= 0.3 is 0 Å². The largest absolute Gasteiger partial charge is 0.342 e. The molecule has 3 aromatic rings. The smallest absolute Gasteiger partial charge is 0.268 e. The SMILES string of the molecule is CN(Cc1nc2ccsc2c(=O)[nH]1)C(=O)CNC(=O)c1cccs1. The Kier molecular flexibility index (Phi) is 4.72. The molecular weight excluding hydrogens is 348 g/mol. The zero-order chi connectivity index (χ0) is 17.1. The number of H-pyrrole nitrogens is 1. The fraction of sp³-hybridized carbons (Fsp3) is 0.200. The van der Waals surface area contributed by atoms with E-state index in [1.807, 2.05) is 0 Å². The summed E-state index contributed by atoms with van der Waals surface area (Å²) in [7, 11) is 1.59. The lowest BCUT2D eigenvalue weighted by atomic mass is 10.4. The van der Waals surface area contributed by atoms with Gasteiger partial charge in [-0.15, -0.1) is 22.7 Å². The van der Waals surface area contributed by atoms with E-state index in [1.54, 1.807) is 36.0 Å². The van der Waals surface area contributed by atoms with Gasteiger partial charge in [0.05, 0.1) is 23.5 Å². The molecule has 2 N–H and O–H groups in total. The van der Waals surface area contributed by atoms with E-state index in [0.29, 0.717) is 20.9 Å². The molecule has 0 unspecified atom stereocenters. The maximum absolute atomic E-state index is 12.1. The Balaban J connectivity index is 1.61. The molecule has 0 aromatic carbocycles. The van der Waals surface area contributed by atoms with Gasteiger partial charge in [-0.25, -0.2) is 4.98 Å². The Morgan fingerprint density at radius 3 is 2.88 bits per heavy atom. The predicted molar refractivity (Wildman–Crippen MR) is 93.4 cm³/mol. The molecule has 3 aromatic heterocycles. The molecule has 0 aliphatic heterocycles. The average molecular weight is 362 g/mol. The van der Waals surface area contributed by atoms with Crippen LogP contribution in [-0.2, 0) is 11.3 Å². The van der Waals surface area contributed by atoms with Crippen LogP contribution in [0.4, 0.5) is 0 Å². The Bertz CT molecular complexity index is 930. The van der Waals surface area contributed by atoms with Gasteiger partial charge in [0.1, 0.15) is 10.5 Å². The second kappa shape index (κ2) is 6.93. The van der Waals surface area contributed by atoms with Gasteiger partial charge in [-0.3, -0.25) is 14.4 Å². The zero-order valence-electron chi connectivity index (χ0n) is 12.7. The summed E-state index contributed by atoms with van der Waals surface area (Å²) < 4.78 is 0.566. The first-order chi connectivity index (χ1) is 11.5. The van der Waals surface area contributed by atoms with Crippen molar-refractivity contribution in [3.8, 4) is 0 Å². The minimum absolute atomic E-state index is 0.113. The van der Waals surface area contributed by atoms with Gasteiger partial charge in [0, 0.05) is 7.05 Å². The average Bonchev–Trinajstić information content (AvgIpc) is 3.23. The molecule has 0 saturated heterocycles. The number of carbonyl (C=O) groups is 2. The molecule has 3 heterocycles. The number of aromatic amines is 1. The molecule has 0 saturated carbocycles. The molecule has 7 nitrogen and oxygen atoms in total. The molecule has 9 heteroatoms. The van der Waals surface area contributed by atoms with Crippen LogP contribution in [0.1, 0.15) is 15.5 Å². The highest BCUT2D eigenvalue weighted by Crippen LogP contribution is 2.14. The molecule has 124 valence electrons. The molecule has 2 amide bonds. The quantitative estimate of drug-likeness (QED) is 0.718. The Labute approximate surface area is 145 Å². The van der Waals surface area contributed by atoms with Crippen LogP contribution in [0.3, 0.4) is 0 Å². The Morgan fingerprint density at radius 2 is 2.12 bits per heavy atom. The van der Waals surface area contributed by atoms with Crippen molar-refractivity contribution in [3.05, 3.63) is 50.0 Å². The van der Waals surface area contributed by atoms with Crippen molar-refractivity contribution in [2.24, 2.45) is 0 Å². The Hall–Kier alpha value is -2.52. The maximum Gasteiger partial charge on any atom is 0.268 e. The van der Waals surface area contributed by atoms with Crippen LogP contribution in [0.25, 0.3) is 10.2 Å². The molecular formula is C15H14N4O3S2. The number of nitrogens with zero attached hydrogens (tertiary/aromatic N) is 2. The number of thiophene rings is 2. The number of nitrogens with one attached hydrogen (secondary N) is 2. The van der Waals surface area contributed by atoms with Crippen molar-refractivity contribution in [2.45, 2.75) is 6.54 Å². The van der Waals surface area contributed by atoms with Crippen molar-refractivity contribution in [3.63, 3.8) is 0 Å². The van der Waals surface area contributed by atoms with Gasteiger partial charge in [-0.1, -0.05) is 6.07 Å². The first kappa shape index (κ1) is 16.3. The minimum Gasteiger partial charge on any atom is -0.342 e. The molecule has 3 rings (SSSR count). The van der Waals surface area contributed by atoms with Crippen molar-refractivity contribution < 1.29 is 9.59 Å². The molecule has 0 aliphatic rings. The van der Waals surface area contributed by atoms with E-state index in [1.165, 1.54) is 27.6 Å². The topological polar surface area (TPSA) is 95.2 Å². The van der Waals surface area contributed by atoms with E-state index >= 15 is 0 Å². The molecule has 0 bridgehead atoms. The number of hydrogen-bond donors (Lipinski definition) is 2. The minimum atomic E-state index is -0.280. The lowest BCUT2D eigenvalue weighted by Gasteiger charge is -2.16. The summed E-state index contributed by atoms with van der Waals surface area (Å²) in [6.45, 7) is 0.0485. The van der Waals surface area contributed by atoms with Crippen LogP contribution in [0.15, 0.2) is 33.8 Å². The third-order valence-electron chi connectivity index (χ3n) is 3.32. The standard InChI is InChI=1S/C15H14N4O3S2/c1-19(12(20)7-16-14(21)10-3-2-5-23-10)8-11-17-9-4-6-24-13(9)15(22)18-11/h2-6H,7-8H2,1H3,(H,16,21)(H,17,18,22). The van der Waals surface area contributed by atoms with Crippen molar-refractivity contribution in [1.29, 1.82) is 0 Å². The highest BCUT2D eigenvalue weighted by Gasteiger charge is 2.14.